The van der Waals surface area contributed by atoms with E-state index in [0.717, 1.165) is 5.56 Å². The lowest BCUT2D eigenvalue weighted by Crippen LogP contribution is -2.49. The molecule has 0 fully saturated rings. The number of aryl methyl sites for hydroxylation is 1. The van der Waals surface area contributed by atoms with Gasteiger partial charge in [-0.3, -0.25) is 14.4 Å². The Morgan fingerprint density at radius 3 is 2.38 bits per heavy atom. The van der Waals surface area contributed by atoms with Gasteiger partial charge in [0.25, 0.3) is 0 Å². The predicted octanol–water partition coefficient (Wildman–Crippen LogP) is 4.43. The highest BCUT2D eigenvalue weighted by molar-refractivity contribution is 6.01. The highest BCUT2D eigenvalue weighted by atomic mass is 16.7. The van der Waals surface area contributed by atoms with Gasteiger partial charge in [0.1, 0.15) is 11.8 Å². The second kappa shape index (κ2) is 15.0. The molecule has 238 valence electrons. The van der Waals surface area contributed by atoms with Gasteiger partial charge in [-0.15, -0.1) is 0 Å². The van der Waals surface area contributed by atoms with Gasteiger partial charge >= 0.3 is 12.0 Å². The van der Waals surface area contributed by atoms with Gasteiger partial charge in [0.05, 0.1) is 25.1 Å². The number of hydrogen-bond acceptors (Lipinski definition) is 7. The molecule has 45 heavy (non-hydrogen) atoms. The number of carbonyl (C=O) groups excluding carboxylic acids is 3. The molecular weight excluding hydrogens is 580 g/mol. The van der Waals surface area contributed by atoms with Crippen LogP contribution in [-0.2, 0) is 20.8 Å². The number of carboxylic acid groups (broad SMARTS) is 1. The maximum atomic E-state index is 13.2. The first kappa shape index (κ1) is 32.6. The van der Waals surface area contributed by atoms with Gasteiger partial charge in [-0.2, -0.15) is 0 Å². The lowest BCUT2D eigenvalue weighted by molar-refractivity contribution is -0.139. The third kappa shape index (κ3) is 8.88. The van der Waals surface area contributed by atoms with E-state index in [-0.39, 0.29) is 25.7 Å². The molecule has 0 aromatic heterocycles. The molecule has 12 nitrogen and oxygen atoms in total. The number of aliphatic carboxylic acids is 1. The van der Waals surface area contributed by atoms with Crippen LogP contribution in [0.1, 0.15) is 42.9 Å². The minimum Gasteiger partial charge on any atom is -0.495 e. The van der Waals surface area contributed by atoms with E-state index in [1.54, 1.807) is 42.5 Å². The lowest BCUT2D eigenvalue weighted by atomic mass is 9.98. The molecule has 1 aliphatic rings. The summed E-state index contributed by atoms with van der Waals surface area (Å²) in [6.45, 7) is 5.61. The number of carbonyl (C=O) groups is 4. The Balaban J connectivity index is 1.37. The van der Waals surface area contributed by atoms with E-state index >= 15 is 0 Å². The molecule has 0 spiro atoms. The van der Waals surface area contributed by atoms with E-state index in [4.69, 9.17) is 14.2 Å². The van der Waals surface area contributed by atoms with E-state index < -0.39 is 35.8 Å². The molecule has 0 radical (unpaired) electrons. The summed E-state index contributed by atoms with van der Waals surface area (Å²) < 4.78 is 16.1. The fraction of sp³-hybridized carbons (Fsp3) is 0.333. The molecule has 0 aliphatic carbocycles. The number of nitrogens with one attached hydrogen (secondary N) is 4. The van der Waals surface area contributed by atoms with Crippen molar-refractivity contribution < 1.29 is 38.5 Å². The zero-order chi connectivity index (χ0) is 32.5. The first-order valence-corrected chi connectivity index (χ1v) is 14.5. The van der Waals surface area contributed by atoms with Gasteiger partial charge in [-0.05, 0) is 66.3 Å². The molecular formula is C33H38N4O8. The number of hydrogen-bond donors (Lipinski definition) is 5. The fourth-order valence-electron chi connectivity index (χ4n) is 4.88. The summed E-state index contributed by atoms with van der Waals surface area (Å²) in [5, 5.41) is 20.9. The average Bonchev–Trinajstić information content (AvgIpc) is 3.46. The molecule has 0 saturated heterocycles. The van der Waals surface area contributed by atoms with Gasteiger partial charge in [0.15, 0.2) is 11.5 Å². The normalized spacial score (nSPS) is 13.0. The van der Waals surface area contributed by atoms with E-state index in [9.17, 15) is 24.3 Å². The number of para-hydroxylation sites is 1. The van der Waals surface area contributed by atoms with Crippen LogP contribution >= 0.6 is 0 Å². The van der Waals surface area contributed by atoms with Crippen molar-refractivity contribution in [2.75, 3.05) is 31.1 Å². The third-order valence-corrected chi connectivity index (χ3v) is 7.21. The van der Waals surface area contributed by atoms with Gasteiger partial charge in [-0.1, -0.05) is 44.2 Å². The van der Waals surface area contributed by atoms with Crippen LogP contribution in [0.25, 0.3) is 0 Å². The molecule has 4 rings (SSSR count). The number of carboxylic acids is 1. The summed E-state index contributed by atoms with van der Waals surface area (Å²) in [6, 6.07) is 15.9. The van der Waals surface area contributed by atoms with Crippen molar-refractivity contribution in [3.05, 3.63) is 77.4 Å². The topological polar surface area (TPSA) is 164 Å². The van der Waals surface area contributed by atoms with Crippen LogP contribution in [0.2, 0.25) is 0 Å². The summed E-state index contributed by atoms with van der Waals surface area (Å²) in [5.41, 5.74) is 3.06. The number of urea groups is 1. The first-order chi connectivity index (χ1) is 21.5. The Hall–Kier alpha value is -5.26. The van der Waals surface area contributed by atoms with E-state index in [1.165, 1.54) is 7.11 Å². The molecule has 1 heterocycles. The maximum absolute atomic E-state index is 13.2. The summed E-state index contributed by atoms with van der Waals surface area (Å²) >= 11 is 0. The Morgan fingerprint density at radius 2 is 1.67 bits per heavy atom. The van der Waals surface area contributed by atoms with E-state index in [0.29, 0.717) is 46.2 Å². The summed E-state index contributed by atoms with van der Waals surface area (Å²) in [4.78, 5) is 50.8. The van der Waals surface area contributed by atoms with Crippen LogP contribution in [0.4, 0.5) is 16.2 Å². The van der Waals surface area contributed by atoms with Crippen LogP contribution in [-0.4, -0.2) is 55.4 Å². The van der Waals surface area contributed by atoms with Crippen molar-refractivity contribution in [3.63, 3.8) is 0 Å². The minimum atomic E-state index is -1.11. The summed E-state index contributed by atoms with van der Waals surface area (Å²) in [7, 11) is 1.46. The van der Waals surface area contributed by atoms with Crippen LogP contribution in [0.15, 0.2) is 60.7 Å². The molecule has 3 aromatic rings. The van der Waals surface area contributed by atoms with E-state index in [2.05, 4.69) is 21.3 Å². The quantitative estimate of drug-likeness (QED) is 0.188. The Labute approximate surface area is 261 Å². The number of methoxy groups -OCH3 is 1. The van der Waals surface area contributed by atoms with Crippen LogP contribution < -0.4 is 35.5 Å². The standard InChI is InChI=1S/C33H38N4O8/c1-19(2)13-26(31(39)34-17-23(32(40)41)22-10-12-27-29(16-22)45-18-44-27)35-30(38)15-21-9-11-25(28(14-21)43-4)37-33(42)36-24-8-6-5-7-20(24)3/h5-12,14,16,19,23,26H,13,15,17-18H2,1-4H3,(H,34,39)(H,35,38)(H,40,41)(H2,36,37,42)/t23-,26+/m1/s1. The molecule has 2 atom stereocenters. The Morgan fingerprint density at radius 1 is 0.933 bits per heavy atom. The minimum absolute atomic E-state index is 0.0527. The smallest absolute Gasteiger partial charge is 0.323 e. The molecule has 12 heteroatoms. The lowest BCUT2D eigenvalue weighted by Gasteiger charge is -2.22. The van der Waals surface area contributed by atoms with Crippen molar-refractivity contribution in [3.8, 4) is 17.2 Å². The number of amides is 4. The molecule has 0 bridgehead atoms. The Bertz CT molecular complexity index is 1560. The van der Waals surface area contributed by atoms with Crippen LogP contribution in [0, 0.1) is 12.8 Å². The van der Waals surface area contributed by atoms with Crippen molar-refractivity contribution in [2.24, 2.45) is 5.92 Å². The van der Waals surface area contributed by atoms with E-state index in [1.807, 2.05) is 39.0 Å². The Kier molecular flexibility index (Phi) is 10.9. The molecule has 5 N–H and O–H groups in total. The molecule has 1 aliphatic heterocycles. The average molecular weight is 619 g/mol. The first-order valence-electron chi connectivity index (χ1n) is 14.5. The zero-order valence-electron chi connectivity index (χ0n) is 25.6. The van der Waals surface area contributed by atoms with Crippen molar-refractivity contribution >= 4 is 35.2 Å². The highest BCUT2D eigenvalue weighted by Crippen LogP contribution is 2.34. The van der Waals surface area contributed by atoms with Crippen molar-refractivity contribution in [2.45, 2.75) is 45.6 Å². The number of anilines is 2. The zero-order valence-corrected chi connectivity index (χ0v) is 25.6. The van der Waals surface area contributed by atoms with Crippen LogP contribution in [0.3, 0.4) is 0 Å². The van der Waals surface area contributed by atoms with Crippen LogP contribution in [0.5, 0.6) is 17.2 Å². The van der Waals surface area contributed by atoms with Gasteiger partial charge < -0.3 is 40.6 Å². The molecule has 0 unspecified atom stereocenters. The van der Waals surface area contributed by atoms with Gasteiger partial charge in [-0.25, -0.2) is 4.79 Å². The highest BCUT2D eigenvalue weighted by Gasteiger charge is 2.27. The third-order valence-electron chi connectivity index (χ3n) is 7.21. The second-order valence-corrected chi connectivity index (χ2v) is 11.1. The fourth-order valence-corrected chi connectivity index (χ4v) is 4.88. The number of fused-ring (bicyclic) bond motifs is 1. The summed E-state index contributed by atoms with van der Waals surface area (Å²) in [6.07, 6.45) is 0.296. The number of rotatable bonds is 13. The molecule has 0 saturated carbocycles. The molecule has 3 aromatic carbocycles. The second-order valence-electron chi connectivity index (χ2n) is 11.1. The number of ether oxygens (including phenoxy) is 3. The SMILES string of the molecule is COc1cc(CC(=O)N[C@@H](CC(C)C)C(=O)NC[C@@H](C(=O)O)c2ccc3c(c2)OCO3)ccc1NC(=O)Nc1ccccc1C. The van der Waals surface area contributed by atoms with Gasteiger partial charge in [0, 0.05) is 12.2 Å². The number of benzene rings is 3. The monoisotopic (exact) mass is 618 g/mol. The molecule has 4 amide bonds. The summed E-state index contributed by atoms with van der Waals surface area (Å²) in [5.74, 6) is -1.63. The largest absolute Gasteiger partial charge is 0.495 e. The van der Waals surface area contributed by atoms with Gasteiger partial charge in [0.2, 0.25) is 18.6 Å². The van der Waals surface area contributed by atoms with Crippen molar-refractivity contribution in [1.29, 1.82) is 0 Å². The maximum Gasteiger partial charge on any atom is 0.323 e. The predicted molar refractivity (Wildman–Crippen MR) is 168 cm³/mol. The van der Waals surface area contributed by atoms with Crippen molar-refractivity contribution in [1.82, 2.24) is 10.6 Å².